The van der Waals surface area contributed by atoms with Gasteiger partial charge in [0.1, 0.15) is 17.7 Å². The van der Waals surface area contributed by atoms with Crippen LogP contribution in [0.4, 0.5) is 19.3 Å². The van der Waals surface area contributed by atoms with Crippen molar-refractivity contribution in [3.63, 3.8) is 0 Å². The van der Waals surface area contributed by atoms with Crippen LogP contribution < -0.4 is 10.2 Å². The minimum absolute atomic E-state index is 0.0931. The van der Waals surface area contributed by atoms with Crippen molar-refractivity contribution in [3.8, 4) is 0 Å². The van der Waals surface area contributed by atoms with E-state index in [1.807, 2.05) is 0 Å². The molecule has 1 atom stereocenters. The van der Waals surface area contributed by atoms with E-state index in [2.05, 4.69) is 5.32 Å². The molecular formula is C20H13F2N3O6. The molecule has 2 aromatic carbocycles. The van der Waals surface area contributed by atoms with Gasteiger partial charge >= 0.3 is 12.0 Å². The van der Waals surface area contributed by atoms with Crippen LogP contribution in [0.15, 0.2) is 42.5 Å². The second-order valence-corrected chi connectivity index (χ2v) is 6.72. The number of carbonyl (C=O) groups excluding carboxylic acids is 5. The van der Waals surface area contributed by atoms with Gasteiger partial charge in [-0.2, -0.15) is 0 Å². The van der Waals surface area contributed by atoms with Gasteiger partial charge in [-0.05, 0) is 30.7 Å². The number of benzene rings is 2. The number of halogens is 2. The Morgan fingerprint density at radius 2 is 1.65 bits per heavy atom. The summed E-state index contributed by atoms with van der Waals surface area (Å²) in [7, 11) is 0. The maximum absolute atomic E-state index is 13.9. The van der Waals surface area contributed by atoms with E-state index in [0.29, 0.717) is 16.0 Å². The predicted octanol–water partition coefficient (Wildman–Crippen LogP) is 1.92. The number of hydrogen-bond donors (Lipinski definition) is 1. The highest BCUT2D eigenvalue weighted by atomic mass is 19.1. The van der Waals surface area contributed by atoms with E-state index in [4.69, 9.17) is 4.84 Å². The Morgan fingerprint density at radius 1 is 1.00 bits per heavy atom. The molecule has 5 amide bonds. The van der Waals surface area contributed by atoms with Gasteiger partial charge in [-0.3, -0.25) is 14.4 Å². The maximum Gasteiger partial charge on any atom is 0.333 e. The number of nitrogens with zero attached hydrogens (tertiary/aromatic N) is 2. The number of imide groups is 2. The number of carbonyl (C=O) groups is 5. The summed E-state index contributed by atoms with van der Waals surface area (Å²) in [4.78, 5) is 66.4. The number of nitrogens with one attached hydrogen (secondary N) is 1. The Labute approximate surface area is 173 Å². The molecule has 2 aliphatic heterocycles. The molecule has 2 aromatic rings. The van der Waals surface area contributed by atoms with Crippen molar-refractivity contribution in [2.24, 2.45) is 0 Å². The molecule has 158 valence electrons. The zero-order valence-corrected chi connectivity index (χ0v) is 15.6. The van der Waals surface area contributed by atoms with Crippen LogP contribution >= 0.6 is 0 Å². The molecule has 1 unspecified atom stereocenters. The van der Waals surface area contributed by atoms with Crippen LogP contribution in [-0.2, 0) is 14.4 Å². The highest BCUT2D eigenvalue weighted by Gasteiger charge is 2.41. The van der Waals surface area contributed by atoms with Crippen molar-refractivity contribution in [1.29, 1.82) is 0 Å². The van der Waals surface area contributed by atoms with Crippen LogP contribution in [0.2, 0.25) is 0 Å². The lowest BCUT2D eigenvalue weighted by Gasteiger charge is -2.14. The zero-order valence-electron chi connectivity index (χ0n) is 15.6. The van der Waals surface area contributed by atoms with Crippen LogP contribution in [0.5, 0.6) is 0 Å². The first-order valence-corrected chi connectivity index (χ1v) is 9.06. The normalized spacial score (nSPS) is 17.8. The largest absolute Gasteiger partial charge is 0.333 e. The Morgan fingerprint density at radius 3 is 2.26 bits per heavy atom. The zero-order chi connectivity index (χ0) is 22.3. The smallest absolute Gasteiger partial charge is 0.330 e. The van der Waals surface area contributed by atoms with Gasteiger partial charge in [0.15, 0.2) is 0 Å². The predicted molar refractivity (Wildman–Crippen MR) is 98.4 cm³/mol. The van der Waals surface area contributed by atoms with E-state index >= 15 is 0 Å². The summed E-state index contributed by atoms with van der Waals surface area (Å²) in [5.41, 5.74) is -0.244. The molecule has 0 bridgehead atoms. The number of hydroxylamine groups is 2. The molecule has 1 saturated heterocycles. The molecule has 0 saturated carbocycles. The van der Waals surface area contributed by atoms with Gasteiger partial charge in [-0.15, -0.1) is 0 Å². The molecule has 1 N–H and O–H groups in total. The lowest BCUT2D eigenvalue weighted by molar-refractivity contribution is -0.168. The second kappa shape index (κ2) is 7.59. The lowest BCUT2D eigenvalue weighted by Crippen LogP contribution is -2.34. The molecular weight excluding hydrogens is 416 g/mol. The number of rotatable bonds is 5. The van der Waals surface area contributed by atoms with Crippen LogP contribution in [0.1, 0.15) is 33.6 Å². The first kappa shape index (κ1) is 20.1. The number of amides is 5. The fourth-order valence-electron chi connectivity index (χ4n) is 3.28. The van der Waals surface area contributed by atoms with Gasteiger partial charge in [0, 0.05) is 6.07 Å². The molecule has 0 radical (unpaired) electrons. The van der Waals surface area contributed by atoms with Crippen molar-refractivity contribution in [1.82, 2.24) is 10.4 Å². The van der Waals surface area contributed by atoms with Crippen molar-refractivity contribution in [3.05, 3.63) is 65.2 Å². The van der Waals surface area contributed by atoms with Gasteiger partial charge in [-0.25, -0.2) is 23.3 Å². The molecule has 31 heavy (non-hydrogen) atoms. The highest BCUT2D eigenvalue weighted by Crippen LogP contribution is 2.26. The third-order valence-corrected chi connectivity index (χ3v) is 4.76. The third-order valence-electron chi connectivity index (χ3n) is 4.76. The Hall–Kier alpha value is -4.15. The first-order chi connectivity index (χ1) is 14.8. The van der Waals surface area contributed by atoms with Crippen molar-refractivity contribution < 1.29 is 37.6 Å². The minimum atomic E-state index is -1.17. The molecule has 11 heteroatoms. The lowest BCUT2D eigenvalue weighted by atomic mass is 10.1. The summed E-state index contributed by atoms with van der Waals surface area (Å²) in [6.45, 7) is 0. The standard InChI is InChI=1S/C20H13F2N3O6/c21-10-5-7-15(13(22)9-10)24-19(29)14(23-20(24)30)6-8-16(26)31-25-17(27)11-3-1-2-4-12(11)18(25)28/h1-5,7,9,14H,6,8H2,(H,23,30). The Kier molecular flexibility index (Phi) is 4.93. The van der Waals surface area contributed by atoms with Gasteiger partial charge in [0.2, 0.25) is 0 Å². The Bertz CT molecular complexity index is 1120. The van der Waals surface area contributed by atoms with E-state index in [0.717, 1.165) is 12.1 Å². The number of hydrogen-bond acceptors (Lipinski definition) is 6. The van der Waals surface area contributed by atoms with Gasteiger partial charge in [0.05, 0.1) is 23.2 Å². The molecule has 4 rings (SSSR count). The van der Waals surface area contributed by atoms with Crippen molar-refractivity contribution in [2.45, 2.75) is 18.9 Å². The summed E-state index contributed by atoms with van der Waals surface area (Å²) < 4.78 is 27.0. The number of anilines is 1. The molecule has 9 nitrogen and oxygen atoms in total. The number of urea groups is 1. The molecule has 2 aliphatic rings. The van der Waals surface area contributed by atoms with Crippen LogP contribution in [-0.4, -0.2) is 40.8 Å². The van der Waals surface area contributed by atoms with E-state index in [9.17, 15) is 32.8 Å². The average molecular weight is 429 g/mol. The maximum atomic E-state index is 13.9. The SMILES string of the molecule is O=C(CCC1NC(=O)N(c2ccc(F)cc2F)C1=O)ON1C(=O)c2ccccc2C1=O. The summed E-state index contributed by atoms with van der Waals surface area (Å²) in [5.74, 6) is -5.39. The topological polar surface area (TPSA) is 113 Å². The van der Waals surface area contributed by atoms with Crippen LogP contribution in [0, 0.1) is 11.6 Å². The van der Waals surface area contributed by atoms with Gasteiger partial charge < -0.3 is 10.2 Å². The summed E-state index contributed by atoms with van der Waals surface area (Å²) in [5, 5.41) is 2.63. The molecule has 0 aromatic heterocycles. The molecule has 2 heterocycles. The van der Waals surface area contributed by atoms with Crippen LogP contribution in [0.25, 0.3) is 0 Å². The second-order valence-electron chi connectivity index (χ2n) is 6.72. The first-order valence-electron chi connectivity index (χ1n) is 9.06. The Balaban J connectivity index is 1.38. The highest BCUT2D eigenvalue weighted by molar-refractivity contribution is 6.22. The van der Waals surface area contributed by atoms with E-state index in [1.165, 1.54) is 12.1 Å². The van der Waals surface area contributed by atoms with Crippen molar-refractivity contribution >= 4 is 35.4 Å². The fraction of sp³-hybridized carbons (Fsp3) is 0.150. The molecule has 0 aliphatic carbocycles. The third kappa shape index (κ3) is 3.50. The van der Waals surface area contributed by atoms with Gasteiger partial charge in [0.25, 0.3) is 17.7 Å². The summed E-state index contributed by atoms with van der Waals surface area (Å²) in [6, 6.07) is 6.20. The quantitative estimate of drug-likeness (QED) is 0.574. The average Bonchev–Trinajstić information content (AvgIpc) is 3.15. The fourth-order valence-corrected chi connectivity index (χ4v) is 3.28. The van der Waals surface area contributed by atoms with Crippen molar-refractivity contribution in [2.75, 3.05) is 4.90 Å². The van der Waals surface area contributed by atoms with E-state index in [1.54, 1.807) is 12.1 Å². The van der Waals surface area contributed by atoms with Gasteiger partial charge in [-0.1, -0.05) is 17.2 Å². The summed E-state index contributed by atoms with van der Waals surface area (Å²) >= 11 is 0. The minimum Gasteiger partial charge on any atom is -0.330 e. The monoisotopic (exact) mass is 429 g/mol. The number of fused-ring (bicyclic) bond motifs is 1. The summed E-state index contributed by atoms with van der Waals surface area (Å²) in [6.07, 6.45) is -0.657. The molecule has 1 fully saturated rings. The van der Waals surface area contributed by atoms with Crippen LogP contribution in [0.3, 0.4) is 0 Å². The molecule has 0 spiro atoms. The van der Waals surface area contributed by atoms with E-state index in [-0.39, 0.29) is 17.5 Å². The van der Waals surface area contributed by atoms with E-state index < -0.39 is 59.5 Å².